The zero-order chi connectivity index (χ0) is 15.1. The van der Waals surface area contributed by atoms with Gasteiger partial charge >= 0.3 is 0 Å². The first-order chi connectivity index (χ1) is 10.2. The van der Waals surface area contributed by atoms with Crippen molar-refractivity contribution >= 4 is 29.3 Å². The van der Waals surface area contributed by atoms with Gasteiger partial charge in [-0.25, -0.2) is 0 Å². The van der Waals surface area contributed by atoms with Crippen LogP contribution in [0.3, 0.4) is 0 Å². The lowest BCUT2D eigenvalue weighted by Crippen LogP contribution is -2.07. The maximum Gasteiger partial charge on any atom is 0.248 e. The Morgan fingerprint density at radius 1 is 1.24 bits per heavy atom. The van der Waals surface area contributed by atoms with Crippen LogP contribution >= 0.6 is 11.6 Å². The quantitative estimate of drug-likeness (QED) is 0.832. The van der Waals surface area contributed by atoms with E-state index in [0.717, 1.165) is 17.0 Å². The number of nitrogens with one attached hydrogen (secondary N) is 1. The third-order valence-corrected chi connectivity index (χ3v) is 2.94. The van der Waals surface area contributed by atoms with E-state index in [2.05, 4.69) is 5.32 Å². The molecule has 0 radical (unpaired) electrons. The summed E-state index contributed by atoms with van der Waals surface area (Å²) in [5.74, 6) is 0.587. The summed E-state index contributed by atoms with van der Waals surface area (Å²) in [6.07, 6.45) is 3.19. The molecule has 2 rings (SSSR count). The first-order valence-electron chi connectivity index (χ1n) is 6.65. The molecule has 0 saturated carbocycles. The van der Waals surface area contributed by atoms with Crippen LogP contribution in [0.1, 0.15) is 12.5 Å². The van der Waals surface area contributed by atoms with Crippen LogP contribution in [0.15, 0.2) is 54.6 Å². The second-order valence-corrected chi connectivity index (χ2v) is 4.77. The van der Waals surface area contributed by atoms with Gasteiger partial charge in [-0.15, -0.1) is 0 Å². The highest BCUT2D eigenvalue weighted by atomic mass is 35.5. The van der Waals surface area contributed by atoms with Gasteiger partial charge < -0.3 is 10.1 Å². The number of ether oxygens (including phenoxy) is 1. The molecule has 2 aromatic rings. The van der Waals surface area contributed by atoms with Gasteiger partial charge in [0, 0.05) is 16.8 Å². The Bertz CT molecular complexity index is 635. The van der Waals surface area contributed by atoms with Gasteiger partial charge in [-0.3, -0.25) is 4.79 Å². The smallest absolute Gasteiger partial charge is 0.248 e. The Hall–Kier alpha value is -2.26. The molecule has 0 unspecified atom stereocenters. The van der Waals surface area contributed by atoms with Crippen molar-refractivity contribution in [3.8, 4) is 5.75 Å². The summed E-state index contributed by atoms with van der Waals surface area (Å²) >= 11 is 5.88. The normalized spacial score (nSPS) is 10.6. The standard InChI is InChI=1S/C17H16ClNO2/c1-2-21-16-9-7-15(8-10-16)19-17(20)11-6-13-4-3-5-14(18)12-13/h3-12H,2H2,1H3,(H,19,20)/b11-6-. The third-order valence-electron chi connectivity index (χ3n) is 2.71. The van der Waals surface area contributed by atoms with Crippen molar-refractivity contribution in [1.82, 2.24) is 0 Å². The lowest BCUT2D eigenvalue weighted by molar-refractivity contribution is -0.111. The fourth-order valence-electron chi connectivity index (χ4n) is 1.77. The molecule has 0 saturated heterocycles. The minimum absolute atomic E-state index is 0.195. The zero-order valence-corrected chi connectivity index (χ0v) is 12.4. The first-order valence-corrected chi connectivity index (χ1v) is 7.02. The fraction of sp³-hybridized carbons (Fsp3) is 0.118. The Morgan fingerprint density at radius 3 is 2.67 bits per heavy atom. The Kier molecular flexibility index (Phi) is 5.41. The molecule has 0 bridgehead atoms. The second kappa shape index (κ2) is 7.50. The number of amides is 1. The van der Waals surface area contributed by atoms with Crippen LogP contribution in [0.5, 0.6) is 5.75 Å². The average Bonchev–Trinajstić information content (AvgIpc) is 2.48. The third kappa shape index (κ3) is 4.97. The van der Waals surface area contributed by atoms with Crippen LogP contribution in [0.2, 0.25) is 5.02 Å². The van der Waals surface area contributed by atoms with Gasteiger partial charge in [0.05, 0.1) is 6.61 Å². The minimum atomic E-state index is -0.195. The number of carbonyl (C=O) groups is 1. The summed E-state index contributed by atoms with van der Waals surface area (Å²) in [4.78, 5) is 11.8. The van der Waals surface area contributed by atoms with Crippen molar-refractivity contribution in [2.75, 3.05) is 11.9 Å². The van der Waals surface area contributed by atoms with E-state index >= 15 is 0 Å². The summed E-state index contributed by atoms with van der Waals surface area (Å²) in [7, 11) is 0. The molecule has 0 spiro atoms. The summed E-state index contributed by atoms with van der Waals surface area (Å²) in [6, 6.07) is 14.5. The maximum absolute atomic E-state index is 11.8. The van der Waals surface area contributed by atoms with Crippen LogP contribution in [0.25, 0.3) is 6.08 Å². The van der Waals surface area contributed by atoms with E-state index in [1.54, 1.807) is 30.3 Å². The number of anilines is 1. The molecule has 0 aliphatic rings. The van der Waals surface area contributed by atoms with Crippen molar-refractivity contribution in [3.05, 3.63) is 65.2 Å². The lowest BCUT2D eigenvalue weighted by atomic mass is 10.2. The number of carbonyl (C=O) groups excluding carboxylic acids is 1. The molecule has 21 heavy (non-hydrogen) atoms. The molecule has 1 amide bonds. The molecule has 0 aliphatic heterocycles. The highest BCUT2D eigenvalue weighted by Gasteiger charge is 1.99. The van der Waals surface area contributed by atoms with Gasteiger partial charge in [0.2, 0.25) is 5.91 Å². The molecule has 1 N–H and O–H groups in total. The molecule has 4 heteroatoms. The fourth-order valence-corrected chi connectivity index (χ4v) is 1.97. The van der Waals surface area contributed by atoms with Gasteiger partial charge in [0.25, 0.3) is 0 Å². The summed E-state index contributed by atoms with van der Waals surface area (Å²) in [5, 5.41) is 3.42. The van der Waals surface area contributed by atoms with Gasteiger partial charge in [0.15, 0.2) is 0 Å². The molecule has 0 aromatic heterocycles. The second-order valence-electron chi connectivity index (χ2n) is 4.33. The van der Waals surface area contributed by atoms with Gasteiger partial charge in [-0.2, -0.15) is 0 Å². The minimum Gasteiger partial charge on any atom is -0.494 e. The van der Waals surface area contributed by atoms with E-state index in [1.165, 1.54) is 6.08 Å². The summed E-state index contributed by atoms with van der Waals surface area (Å²) in [5.41, 5.74) is 1.60. The molecule has 2 aromatic carbocycles. The van der Waals surface area contributed by atoms with Crippen LogP contribution in [-0.2, 0) is 4.79 Å². The van der Waals surface area contributed by atoms with E-state index in [9.17, 15) is 4.79 Å². The molecule has 0 heterocycles. The summed E-state index contributed by atoms with van der Waals surface area (Å²) < 4.78 is 5.34. The maximum atomic E-state index is 11.8. The SMILES string of the molecule is CCOc1ccc(NC(=O)/C=C\c2cccc(Cl)c2)cc1. The van der Waals surface area contributed by atoms with Crippen LogP contribution in [-0.4, -0.2) is 12.5 Å². The van der Waals surface area contributed by atoms with E-state index in [-0.39, 0.29) is 5.91 Å². The van der Waals surface area contributed by atoms with Gasteiger partial charge in [0.1, 0.15) is 5.75 Å². The molecule has 0 fully saturated rings. The Morgan fingerprint density at radius 2 is 2.00 bits per heavy atom. The van der Waals surface area contributed by atoms with Crippen LogP contribution in [0, 0.1) is 0 Å². The lowest BCUT2D eigenvalue weighted by Gasteiger charge is -2.05. The van der Waals surface area contributed by atoms with Gasteiger partial charge in [-0.1, -0.05) is 23.7 Å². The van der Waals surface area contributed by atoms with E-state index in [1.807, 2.05) is 31.2 Å². The molecule has 0 aliphatic carbocycles. The topological polar surface area (TPSA) is 38.3 Å². The van der Waals surface area contributed by atoms with Crippen molar-refractivity contribution in [1.29, 1.82) is 0 Å². The molecule has 0 atom stereocenters. The predicted molar refractivity (Wildman–Crippen MR) is 86.7 cm³/mol. The van der Waals surface area contributed by atoms with Crippen LogP contribution < -0.4 is 10.1 Å². The molecular weight excluding hydrogens is 286 g/mol. The van der Waals surface area contributed by atoms with Crippen molar-refractivity contribution in [2.45, 2.75) is 6.92 Å². The van der Waals surface area contributed by atoms with Crippen molar-refractivity contribution in [3.63, 3.8) is 0 Å². The number of hydrogen-bond acceptors (Lipinski definition) is 2. The first kappa shape index (κ1) is 15.1. The molecule has 108 valence electrons. The van der Waals surface area contributed by atoms with E-state index in [4.69, 9.17) is 16.3 Å². The van der Waals surface area contributed by atoms with Gasteiger partial charge in [-0.05, 0) is 55.0 Å². The highest BCUT2D eigenvalue weighted by molar-refractivity contribution is 6.30. The number of halogens is 1. The van der Waals surface area contributed by atoms with E-state index in [0.29, 0.717) is 11.6 Å². The Balaban J connectivity index is 1.95. The monoisotopic (exact) mass is 301 g/mol. The highest BCUT2D eigenvalue weighted by Crippen LogP contribution is 2.16. The molecular formula is C17H16ClNO2. The largest absolute Gasteiger partial charge is 0.494 e. The number of hydrogen-bond donors (Lipinski definition) is 1. The zero-order valence-electron chi connectivity index (χ0n) is 11.7. The summed E-state index contributed by atoms with van der Waals surface area (Å²) in [6.45, 7) is 2.55. The Labute approximate surface area is 129 Å². The van der Waals surface area contributed by atoms with Crippen molar-refractivity contribution in [2.24, 2.45) is 0 Å². The van der Waals surface area contributed by atoms with E-state index < -0.39 is 0 Å². The predicted octanol–water partition coefficient (Wildman–Crippen LogP) is 4.39. The molecule has 3 nitrogen and oxygen atoms in total. The number of benzene rings is 2. The van der Waals surface area contributed by atoms with Crippen LogP contribution in [0.4, 0.5) is 5.69 Å². The van der Waals surface area contributed by atoms with Crippen molar-refractivity contribution < 1.29 is 9.53 Å². The number of rotatable bonds is 5. The average molecular weight is 302 g/mol.